The third kappa shape index (κ3) is 2.16. The highest BCUT2D eigenvalue weighted by Gasteiger charge is 2.29. The molecule has 0 radical (unpaired) electrons. The van der Waals surface area contributed by atoms with Crippen molar-refractivity contribution in [2.45, 2.75) is 18.9 Å². The summed E-state index contributed by atoms with van der Waals surface area (Å²) in [5.74, 6) is -0.164. The van der Waals surface area contributed by atoms with E-state index in [0.717, 1.165) is 19.0 Å². The fraction of sp³-hybridized carbons (Fsp3) is 0.455. The normalized spacial score (nSPS) is 20.1. The zero-order chi connectivity index (χ0) is 11.5. The fourth-order valence-electron chi connectivity index (χ4n) is 1.91. The Morgan fingerprint density at radius 2 is 2.44 bits per heavy atom. The van der Waals surface area contributed by atoms with Crippen LogP contribution in [0.2, 0.25) is 0 Å². The number of rotatable bonds is 2. The second-order valence-electron chi connectivity index (χ2n) is 3.81. The molecule has 1 aromatic rings. The van der Waals surface area contributed by atoms with Gasteiger partial charge in [0, 0.05) is 18.5 Å². The maximum absolute atomic E-state index is 12.7. The summed E-state index contributed by atoms with van der Waals surface area (Å²) in [5, 5.41) is 0. The lowest BCUT2D eigenvalue weighted by Crippen LogP contribution is -2.36. The van der Waals surface area contributed by atoms with E-state index in [1.807, 2.05) is 0 Å². The topological polar surface area (TPSA) is 33.2 Å². The molecule has 2 rings (SSSR count). The molecule has 0 bridgehead atoms. The van der Waals surface area contributed by atoms with E-state index >= 15 is 0 Å². The predicted molar refractivity (Wildman–Crippen MR) is 59.0 cm³/mol. The van der Waals surface area contributed by atoms with Crippen LogP contribution in [-0.2, 0) is 0 Å². The number of halogens is 2. The molecule has 1 unspecified atom stereocenters. The summed E-state index contributed by atoms with van der Waals surface area (Å²) in [4.78, 5) is 17.5. The first-order valence-electron chi connectivity index (χ1n) is 5.21. The van der Waals surface area contributed by atoms with Crippen LogP contribution in [0.15, 0.2) is 18.3 Å². The molecule has 0 spiro atoms. The molecule has 1 aliphatic heterocycles. The van der Waals surface area contributed by atoms with Gasteiger partial charge in [0.2, 0.25) is 0 Å². The molecule has 2 heterocycles. The van der Waals surface area contributed by atoms with Gasteiger partial charge < -0.3 is 4.90 Å². The number of carbonyl (C=O) groups excluding carboxylic acids is 1. The lowest BCUT2D eigenvalue weighted by Gasteiger charge is -2.22. The minimum absolute atomic E-state index is 0.0843. The zero-order valence-electron chi connectivity index (χ0n) is 8.70. The smallest absolute Gasteiger partial charge is 0.272 e. The molecule has 1 aromatic heterocycles. The second kappa shape index (κ2) is 4.78. The highest BCUT2D eigenvalue weighted by Crippen LogP contribution is 2.20. The number of pyridine rings is 1. The van der Waals surface area contributed by atoms with Crippen molar-refractivity contribution in [2.24, 2.45) is 0 Å². The number of hydrogen-bond donors (Lipinski definition) is 0. The number of aromatic nitrogens is 1. The highest BCUT2D eigenvalue weighted by atomic mass is 35.5. The van der Waals surface area contributed by atoms with Crippen molar-refractivity contribution in [3.63, 3.8) is 0 Å². The van der Waals surface area contributed by atoms with Crippen LogP contribution in [0.5, 0.6) is 0 Å². The van der Waals surface area contributed by atoms with Crippen LogP contribution in [0, 0.1) is 5.82 Å². The van der Waals surface area contributed by atoms with Gasteiger partial charge >= 0.3 is 0 Å². The molecule has 1 fully saturated rings. The predicted octanol–water partition coefficient (Wildman–Crippen LogP) is 2.06. The number of carbonyl (C=O) groups is 1. The van der Waals surface area contributed by atoms with Crippen LogP contribution in [0.3, 0.4) is 0 Å². The first kappa shape index (κ1) is 11.3. The van der Waals surface area contributed by atoms with Gasteiger partial charge in [-0.25, -0.2) is 9.37 Å². The Bertz CT molecular complexity index is 382. The molecule has 0 aromatic carbocycles. The van der Waals surface area contributed by atoms with Crippen molar-refractivity contribution in [2.75, 3.05) is 12.4 Å². The van der Waals surface area contributed by atoms with Crippen LogP contribution in [0.25, 0.3) is 0 Å². The van der Waals surface area contributed by atoms with Gasteiger partial charge in [-0.1, -0.05) is 0 Å². The lowest BCUT2D eigenvalue weighted by molar-refractivity contribution is 0.0743. The average molecular weight is 243 g/mol. The number of likely N-dealkylation sites (tertiary alicyclic amines) is 1. The first-order chi connectivity index (χ1) is 7.72. The average Bonchev–Trinajstić information content (AvgIpc) is 2.77. The van der Waals surface area contributed by atoms with E-state index in [1.54, 1.807) is 4.90 Å². The van der Waals surface area contributed by atoms with E-state index in [2.05, 4.69) is 4.98 Å². The number of alkyl halides is 1. The Kier molecular flexibility index (Phi) is 3.39. The third-order valence-corrected chi connectivity index (χ3v) is 3.12. The van der Waals surface area contributed by atoms with Gasteiger partial charge in [0.1, 0.15) is 11.5 Å². The summed E-state index contributed by atoms with van der Waals surface area (Å²) in [7, 11) is 0. The van der Waals surface area contributed by atoms with Crippen LogP contribution in [0.1, 0.15) is 23.3 Å². The number of amides is 1. The molecule has 0 aliphatic carbocycles. The quantitative estimate of drug-likeness (QED) is 0.744. The molecular formula is C11H12ClFN2O. The summed E-state index contributed by atoms with van der Waals surface area (Å²) in [6, 6.07) is 2.73. The Morgan fingerprint density at radius 3 is 3.06 bits per heavy atom. The third-order valence-electron chi connectivity index (χ3n) is 2.76. The Labute approximate surface area is 98.2 Å². The van der Waals surface area contributed by atoms with E-state index in [4.69, 9.17) is 11.6 Å². The molecule has 3 nitrogen and oxygen atoms in total. The monoisotopic (exact) mass is 242 g/mol. The molecule has 0 N–H and O–H groups in total. The standard InChI is InChI=1S/C11H12ClFN2O/c12-6-9-2-1-5-15(9)11(16)10-4-3-8(13)7-14-10/h3-4,7,9H,1-2,5-6H2. The van der Waals surface area contributed by atoms with Gasteiger partial charge in [-0.3, -0.25) is 4.79 Å². The Morgan fingerprint density at radius 1 is 1.62 bits per heavy atom. The van der Waals surface area contributed by atoms with Crippen molar-refractivity contribution < 1.29 is 9.18 Å². The summed E-state index contributed by atoms with van der Waals surface area (Å²) in [5.41, 5.74) is 0.276. The maximum Gasteiger partial charge on any atom is 0.272 e. The van der Waals surface area contributed by atoms with Crippen molar-refractivity contribution in [3.8, 4) is 0 Å². The van der Waals surface area contributed by atoms with Crippen molar-refractivity contribution in [1.29, 1.82) is 0 Å². The van der Waals surface area contributed by atoms with Crippen molar-refractivity contribution >= 4 is 17.5 Å². The number of hydrogen-bond acceptors (Lipinski definition) is 2. The molecule has 1 atom stereocenters. The molecular weight excluding hydrogens is 231 g/mol. The fourth-order valence-corrected chi connectivity index (χ4v) is 2.23. The molecule has 1 amide bonds. The molecule has 1 aliphatic rings. The van der Waals surface area contributed by atoms with E-state index < -0.39 is 5.82 Å². The van der Waals surface area contributed by atoms with E-state index in [1.165, 1.54) is 12.1 Å². The van der Waals surface area contributed by atoms with E-state index in [9.17, 15) is 9.18 Å². The van der Waals surface area contributed by atoms with Gasteiger partial charge in [0.25, 0.3) is 5.91 Å². The second-order valence-corrected chi connectivity index (χ2v) is 4.12. The first-order valence-corrected chi connectivity index (χ1v) is 5.74. The minimum Gasteiger partial charge on any atom is -0.333 e. The zero-order valence-corrected chi connectivity index (χ0v) is 9.45. The lowest BCUT2D eigenvalue weighted by atomic mass is 10.2. The summed E-state index contributed by atoms with van der Waals surface area (Å²) >= 11 is 5.79. The Hall–Kier alpha value is -1.16. The largest absolute Gasteiger partial charge is 0.333 e. The van der Waals surface area contributed by atoms with Crippen molar-refractivity contribution in [1.82, 2.24) is 9.88 Å². The van der Waals surface area contributed by atoms with Crippen LogP contribution < -0.4 is 0 Å². The molecule has 86 valence electrons. The summed E-state index contributed by atoms with van der Waals surface area (Å²) < 4.78 is 12.7. The van der Waals surface area contributed by atoms with Crippen LogP contribution in [0.4, 0.5) is 4.39 Å². The SMILES string of the molecule is O=C(c1ccc(F)cn1)N1CCCC1CCl. The summed E-state index contributed by atoms with van der Waals surface area (Å²) in [6.07, 6.45) is 2.94. The van der Waals surface area contributed by atoms with Crippen LogP contribution >= 0.6 is 11.6 Å². The highest BCUT2D eigenvalue weighted by molar-refractivity contribution is 6.18. The van der Waals surface area contributed by atoms with Crippen molar-refractivity contribution in [3.05, 3.63) is 29.8 Å². The molecule has 0 saturated carbocycles. The van der Waals surface area contributed by atoms with Gasteiger partial charge in [0.05, 0.1) is 6.20 Å². The van der Waals surface area contributed by atoms with E-state index in [-0.39, 0.29) is 17.6 Å². The summed E-state index contributed by atoms with van der Waals surface area (Å²) in [6.45, 7) is 0.704. The van der Waals surface area contributed by atoms with Crippen LogP contribution in [-0.4, -0.2) is 34.3 Å². The minimum atomic E-state index is -0.438. The number of nitrogens with zero attached hydrogens (tertiary/aromatic N) is 2. The molecule has 5 heteroatoms. The van der Waals surface area contributed by atoms with Gasteiger partial charge in [0.15, 0.2) is 0 Å². The van der Waals surface area contributed by atoms with E-state index in [0.29, 0.717) is 12.4 Å². The van der Waals surface area contributed by atoms with Gasteiger partial charge in [-0.2, -0.15) is 0 Å². The maximum atomic E-state index is 12.7. The van der Waals surface area contributed by atoms with Gasteiger partial charge in [-0.05, 0) is 25.0 Å². The van der Waals surface area contributed by atoms with Gasteiger partial charge in [-0.15, -0.1) is 11.6 Å². The Balaban J connectivity index is 2.15. The molecule has 1 saturated heterocycles. The molecule has 16 heavy (non-hydrogen) atoms.